The van der Waals surface area contributed by atoms with Crippen molar-refractivity contribution in [3.63, 3.8) is 0 Å². The van der Waals surface area contributed by atoms with E-state index in [4.69, 9.17) is 23.7 Å². The SMILES string of the molecule is COc1ccc(C(=O)COC(=O)/C=C/c2cc(OC)c(OC)cc2OC)cc1F. The predicted molar refractivity (Wildman–Crippen MR) is 103 cm³/mol. The maximum atomic E-state index is 13.7. The van der Waals surface area contributed by atoms with Gasteiger partial charge in [0, 0.05) is 23.3 Å². The highest BCUT2D eigenvalue weighted by atomic mass is 19.1. The summed E-state index contributed by atoms with van der Waals surface area (Å²) in [5.41, 5.74) is 0.618. The van der Waals surface area contributed by atoms with Gasteiger partial charge in [-0.25, -0.2) is 9.18 Å². The molecule has 0 unspecified atom stereocenters. The van der Waals surface area contributed by atoms with E-state index in [0.717, 1.165) is 12.1 Å². The first-order chi connectivity index (χ1) is 13.9. The van der Waals surface area contributed by atoms with Crippen LogP contribution >= 0.6 is 0 Å². The number of ether oxygens (including phenoxy) is 5. The highest BCUT2D eigenvalue weighted by Crippen LogP contribution is 2.35. The van der Waals surface area contributed by atoms with Crippen LogP contribution in [0, 0.1) is 5.82 Å². The van der Waals surface area contributed by atoms with E-state index in [-0.39, 0.29) is 11.3 Å². The van der Waals surface area contributed by atoms with Gasteiger partial charge in [-0.3, -0.25) is 4.79 Å². The molecule has 7 nitrogen and oxygen atoms in total. The van der Waals surface area contributed by atoms with Crippen LogP contribution in [-0.2, 0) is 9.53 Å². The topological polar surface area (TPSA) is 80.3 Å². The van der Waals surface area contributed by atoms with Gasteiger partial charge >= 0.3 is 5.97 Å². The van der Waals surface area contributed by atoms with Gasteiger partial charge in [0.2, 0.25) is 0 Å². The average Bonchev–Trinajstić information content (AvgIpc) is 2.74. The number of hydrogen-bond donors (Lipinski definition) is 0. The number of carbonyl (C=O) groups excluding carboxylic acids is 2. The Bertz CT molecular complexity index is 921. The Morgan fingerprint density at radius 1 is 0.862 bits per heavy atom. The Hall–Kier alpha value is -3.55. The molecule has 2 aromatic carbocycles. The third-order valence-corrected chi connectivity index (χ3v) is 3.95. The molecule has 0 aliphatic heterocycles. The van der Waals surface area contributed by atoms with Crippen LogP contribution in [0.5, 0.6) is 23.0 Å². The van der Waals surface area contributed by atoms with Crippen LogP contribution in [-0.4, -0.2) is 46.8 Å². The van der Waals surface area contributed by atoms with Gasteiger partial charge in [0.25, 0.3) is 0 Å². The molecular formula is C21H21FO7. The van der Waals surface area contributed by atoms with E-state index in [1.165, 1.54) is 46.6 Å². The largest absolute Gasteiger partial charge is 0.496 e. The lowest BCUT2D eigenvalue weighted by atomic mass is 10.1. The third-order valence-electron chi connectivity index (χ3n) is 3.95. The molecule has 0 atom stereocenters. The number of rotatable bonds is 9. The minimum Gasteiger partial charge on any atom is -0.496 e. The van der Waals surface area contributed by atoms with Crippen molar-refractivity contribution >= 4 is 17.8 Å². The summed E-state index contributed by atoms with van der Waals surface area (Å²) >= 11 is 0. The fraction of sp³-hybridized carbons (Fsp3) is 0.238. The normalized spacial score (nSPS) is 10.5. The predicted octanol–water partition coefficient (Wildman–Crippen LogP) is 3.30. The fourth-order valence-corrected chi connectivity index (χ4v) is 2.45. The van der Waals surface area contributed by atoms with E-state index >= 15 is 0 Å². The van der Waals surface area contributed by atoms with E-state index in [1.807, 2.05) is 0 Å². The number of ketones is 1. The summed E-state index contributed by atoms with van der Waals surface area (Å²) < 4.78 is 39.1. The number of Topliss-reactive ketones (excluding diaryl/α,β-unsaturated/α-hetero) is 1. The Morgan fingerprint density at radius 2 is 1.48 bits per heavy atom. The van der Waals surface area contributed by atoms with Gasteiger partial charge in [-0.15, -0.1) is 0 Å². The van der Waals surface area contributed by atoms with Crippen molar-refractivity contribution in [2.45, 2.75) is 0 Å². The second kappa shape index (κ2) is 10.1. The summed E-state index contributed by atoms with van der Waals surface area (Å²) in [4.78, 5) is 24.0. The monoisotopic (exact) mass is 404 g/mol. The van der Waals surface area contributed by atoms with Crippen LogP contribution < -0.4 is 18.9 Å². The summed E-state index contributed by atoms with van der Waals surface area (Å²) in [5.74, 6) is -0.562. The first-order valence-corrected chi connectivity index (χ1v) is 8.45. The first-order valence-electron chi connectivity index (χ1n) is 8.45. The molecule has 0 bridgehead atoms. The third kappa shape index (κ3) is 5.47. The van der Waals surface area contributed by atoms with Crippen LogP contribution in [0.15, 0.2) is 36.4 Å². The molecule has 0 N–H and O–H groups in total. The summed E-state index contributed by atoms with van der Waals surface area (Å²) in [5, 5.41) is 0. The number of halogens is 1. The molecule has 154 valence electrons. The molecular weight excluding hydrogens is 383 g/mol. The van der Waals surface area contributed by atoms with Crippen molar-refractivity contribution in [2.24, 2.45) is 0 Å². The van der Waals surface area contributed by atoms with Crippen molar-refractivity contribution in [1.29, 1.82) is 0 Å². The number of carbonyl (C=O) groups is 2. The average molecular weight is 404 g/mol. The smallest absolute Gasteiger partial charge is 0.331 e. The van der Waals surface area contributed by atoms with E-state index < -0.39 is 24.2 Å². The molecule has 0 saturated carbocycles. The second-order valence-corrected chi connectivity index (χ2v) is 5.66. The number of hydrogen-bond acceptors (Lipinski definition) is 7. The van der Waals surface area contributed by atoms with Gasteiger partial charge in [-0.05, 0) is 30.3 Å². The minimum absolute atomic E-state index is 0.0188. The lowest BCUT2D eigenvalue weighted by Crippen LogP contribution is -2.12. The molecule has 0 aromatic heterocycles. The Morgan fingerprint density at radius 3 is 2.07 bits per heavy atom. The van der Waals surface area contributed by atoms with Gasteiger partial charge < -0.3 is 23.7 Å². The van der Waals surface area contributed by atoms with Crippen LogP contribution in [0.2, 0.25) is 0 Å². The van der Waals surface area contributed by atoms with Crippen molar-refractivity contribution in [3.8, 4) is 23.0 Å². The van der Waals surface area contributed by atoms with Crippen LogP contribution in [0.1, 0.15) is 15.9 Å². The molecule has 0 saturated heterocycles. The molecule has 29 heavy (non-hydrogen) atoms. The molecule has 0 fully saturated rings. The zero-order chi connectivity index (χ0) is 21.4. The van der Waals surface area contributed by atoms with E-state index in [0.29, 0.717) is 22.8 Å². The quantitative estimate of drug-likeness (QED) is 0.360. The summed E-state index contributed by atoms with van der Waals surface area (Å²) in [7, 11) is 5.78. The number of esters is 1. The standard InChI is InChI=1S/C21H21FO7/c1-25-17-7-5-13(9-15(17)22)16(23)12-29-21(24)8-6-14-10-19(27-3)20(28-4)11-18(14)26-2/h5-11H,12H2,1-4H3/b8-6+. The van der Waals surface area contributed by atoms with Crippen molar-refractivity contribution < 1.29 is 37.7 Å². The zero-order valence-corrected chi connectivity index (χ0v) is 16.5. The molecule has 8 heteroatoms. The highest BCUT2D eigenvalue weighted by Gasteiger charge is 2.13. The Kier molecular flexibility index (Phi) is 7.59. The Labute approximate surface area is 167 Å². The van der Waals surface area contributed by atoms with E-state index in [2.05, 4.69) is 0 Å². The molecule has 0 heterocycles. The zero-order valence-electron chi connectivity index (χ0n) is 16.5. The summed E-state index contributed by atoms with van der Waals surface area (Å²) in [6.45, 7) is -0.530. The first kappa shape index (κ1) is 21.7. The maximum absolute atomic E-state index is 13.7. The lowest BCUT2D eigenvalue weighted by Gasteiger charge is -2.12. The van der Waals surface area contributed by atoms with Gasteiger partial charge in [0.15, 0.2) is 35.5 Å². The van der Waals surface area contributed by atoms with E-state index in [9.17, 15) is 14.0 Å². The van der Waals surface area contributed by atoms with Gasteiger partial charge in [-0.1, -0.05) is 0 Å². The highest BCUT2D eigenvalue weighted by molar-refractivity contribution is 5.99. The molecule has 0 amide bonds. The van der Waals surface area contributed by atoms with Crippen LogP contribution in [0.3, 0.4) is 0 Å². The molecule has 0 aliphatic carbocycles. The number of benzene rings is 2. The van der Waals surface area contributed by atoms with Gasteiger partial charge in [0.1, 0.15) is 5.75 Å². The van der Waals surface area contributed by atoms with Crippen LogP contribution in [0.4, 0.5) is 4.39 Å². The molecule has 0 aliphatic rings. The van der Waals surface area contributed by atoms with Crippen molar-refractivity contribution in [1.82, 2.24) is 0 Å². The molecule has 2 aromatic rings. The summed E-state index contributed by atoms with van der Waals surface area (Å²) in [6.07, 6.45) is 2.60. The lowest BCUT2D eigenvalue weighted by molar-refractivity contribution is -0.136. The number of methoxy groups -OCH3 is 4. The fourth-order valence-electron chi connectivity index (χ4n) is 2.45. The summed E-state index contributed by atoms with van der Waals surface area (Å²) in [6, 6.07) is 6.99. The minimum atomic E-state index is -0.746. The molecule has 0 radical (unpaired) electrons. The second-order valence-electron chi connectivity index (χ2n) is 5.66. The van der Waals surface area contributed by atoms with Gasteiger partial charge in [0.05, 0.1) is 28.4 Å². The molecule has 2 rings (SSSR count). The van der Waals surface area contributed by atoms with Gasteiger partial charge in [-0.2, -0.15) is 0 Å². The van der Waals surface area contributed by atoms with Crippen LogP contribution in [0.25, 0.3) is 6.08 Å². The Balaban J connectivity index is 2.04. The van der Waals surface area contributed by atoms with Crippen molar-refractivity contribution in [3.05, 3.63) is 53.4 Å². The maximum Gasteiger partial charge on any atom is 0.331 e. The van der Waals surface area contributed by atoms with Crippen molar-refractivity contribution in [2.75, 3.05) is 35.0 Å². The molecule has 0 spiro atoms. The van der Waals surface area contributed by atoms with E-state index in [1.54, 1.807) is 12.1 Å².